The summed E-state index contributed by atoms with van der Waals surface area (Å²) in [5.41, 5.74) is 1.23. The highest BCUT2D eigenvalue weighted by molar-refractivity contribution is 5.77. The van der Waals surface area contributed by atoms with E-state index in [0.29, 0.717) is 34.3 Å². The lowest BCUT2D eigenvalue weighted by atomic mass is 10.1. The summed E-state index contributed by atoms with van der Waals surface area (Å²) >= 11 is 0. The Morgan fingerprint density at radius 2 is 1.83 bits per heavy atom. The third-order valence-electron chi connectivity index (χ3n) is 3.68. The van der Waals surface area contributed by atoms with Gasteiger partial charge in [-0.05, 0) is 42.5 Å². The van der Waals surface area contributed by atoms with Crippen LogP contribution in [0.3, 0.4) is 0 Å². The molecule has 0 unspecified atom stereocenters. The monoisotopic (exact) mass is 321 g/mol. The number of furan rings is 1. The summed E-state index contributed by atoms with van der Waals surface area (Å²) in [4.78, 5) is 18.7. The molecule has 0 bridgehead atoms. The molecule has 2 amide bonds. The molecule has 2 aromatic carbocycles. The lowest BCUT2D eigenvalue weighted by Gasteiger charge is -2.04. The van der Waals surface area contributed by atoms with Crippen molar-refractivity contribution < 1.29 is 13.6 Å². The van der Waals surface area contributed by atoms with Crippen LogP contribution >= 0.6 is 0 Å². The smallest absolute Gasteiger partial charge is 0.368 e. The van der Waals surface area contributed by atoms with E-state index in [2.05, 4.69) is 15.3 Å². The van der Waals surface area contributed by atoms with Gasteiger partial charge in [0.15, 0.2) is 0 Å². The maximum Gasteiger partial charge on any atom is 0.368 e. The SMILES string of the molecule is O=C1N=c2ccc(NCc3ccc(-c4ccccc4F)o3)cc2=N1. The largest absolute Gasteiger partial charge is 0.459 e. The van der Waals surface area contributed by atoms with Gasteiger partial charge in [-0.15, -0.1) is 0 Å². The first-order valence-corrected chi connectivity index (χ1v) is 7.38. The molecular formula is C18H12FN3O2. The first-order valence-electron chi connectivity index (χ1n) is 7.38. The normalized spacial score (nSPS) is 12.5. The van der Waals surface area contributed by atoms with Gasteiger partial charge in [-0.1, -0.05) is 12.1 Å². The summed E-state index contributed by atoms with van der Waals surface area (Å²) < 4.78 is 19.5. The fourth-order valence-electron chi connectivity index (χ4n) is 2.52. The van der Waals surface area contributed by atoms with E-state index in [0.717, 1.165) is 5.69 Å². The summed E-state index contributed by atoms with van der Waals surface area (Å²) in [6.45, 7) is 0.429. The van der Waals surface area contributed by atoms with Crippen molar-refractivity contribution in [2.75, 3.05) is 5.32 Å². The maximum atomic E-state index is 13.8. The molecule has 0 fully saturated rings. The van der Waals surface area contributed by atoms with Crippen LogP contribution in [-0.2, 0) is 6.54 Å². The Morgan fingerprint density at radius 1 is 1.00 bits per heavy atom. The number of rotatable bonds is 4. The molecule has 2 heterocycles. The molecule has 1 N–H and O–H groups in total. The van der Waals surface area contributed by atoms with Gasteiger partial charge in [-0.3, -0.25) is 0 Å². The molecule has 5 nitrogen and oxygen atoms in total. The number of carbonyl (C=O) groups is 1. The number of anilines is 1. The van der Waals surface area contributed by atoms with Gasteiger partial charge in [0.1, 0.15) is 17.3 Å². The van der Waals surface area contributed by atoms with E-state index in [9.17, 15) is 9.18 Å². The van der Waals surface area contributed by atoms with E-state index >= 15 is 0 Å². The number of nitrogens with one attached hydrogen (secondary N) is 1. The average molecular weight is 321 g/mol. The zero-order valence-electron chi connectivity index (χ0n) is 12.5. The second-order valence-corrected chi connectivity index (χ2v) is 5.31. The van der Waals surface area contributed by atoms with Crippen LogP contribution in [0.25, 0.3) is 11.3 Å². The molecule has 0 aliphatic carbocycles. The highest BCUT2D eigenvalue weighted by Crippen LogP contribution is 2.25. The fraction of sp³-hybridized carbons (Fsp3) is 0.0556. The number of halogens is 1. The molecule has 0 atom stereocenters. The zero-order valence-corrected chi connectivity index (χ0v) is 12.5. The van der Waals surface area contributed by atoms with Crippen molar-refractivity contribution in [1.29, 1.82) is 0 Å². The number of carbonyl (C=O) groups excluding carboxylic acids is 1. The predicted octanol–water partition coefficient (Wildman–Crippen LogP) is 3.07. The van der Waals surface area contributed by atoms with Crippen molar-refractivity contribution in [3.63, 3.8) is 0 Å². The van der Waals surface area contributed by atoms with Crippen molar-refractivity contribution in [1.82, 2.24) is 0 Å². The summed E-state index contributed by atoms with van der Waals surface area (Å²) in [5.74, 6) is 0.838. The number of benzene rings is 2. The number of urea groups is 1. The molecular weight excluding hydrogens is 309 g/mol. The van der Waals surface area contributed by atoms with Crippen molar-refractivity contribution in [2.24, 2.45) is 9.98 Å². The fourth-order valence-corrected chi connectivity index (χ4v) is 2.52. The molecule has 1 aliphatic heterocycles. The quantitative estimate of drug-likeness (QED) is 0.803. The molecule has 0 saturated carbocycles. The molecule has 118 valence electrons. The number of fused-ring (bicyclic) bond motifs is 1. The molecule has 0 radical (unpaired) electrons. The van der Waals surface area contributed by atoms with Gasteiger partial charge in [0, 0.05) is 5.69 Å². The summed E-state index contributed by atoms with van der Waals surface area (Å²) in [5, 5.41) is 4.31. The Kier molecular flexibility index (Phi) is 3.42. The number of hydrogen-bond donors (Lipinski definition) is 1. The van der Waals surface area contributed by atoms with E-state index < -0.39 is 6.03 Å². The van der Waals surface area contributed by atoms with Crippen molar-refractivity contribution in [3.8, 4) is 11.3 Å². The minimum absolute atomic E-state index is 0.319. The summed E-state index contributed by atoms with van der Waals surface area (Å²) in [6.07, 6.45) is 0. The second-order valence-electron chi connectivity index (χ2n) is 5.31. The van der Waals surface area contributed by atoms with Gasteiger partial charge in [0.25, 0.3) is 0 Å². The Morgan fingerprint density at radius 3 is 2.71 bits per heavy atom. The van der Waals surface area contributed by atoms with Gasteiger partial charge < -0.3 is 9.73 Å². The molecule has 4 rings (SSSR count). The third-order valence-corrected chi connectivity index (χ3v) is 3.68. The van der Waals surface area contributed by atoms with Gasteiger partial charge >= 0.3 is 6.03 Å². The lowest BCUT2D eigenvalue weighted by Crippen LogP contribution is -2.21. The number of amides is 2. The molecule has 6 heteroatoms. The van der Waals surface area contributed by atoms with E-state index in [1.807, 2.05) is 6.07 Å². The molecule has 0 saturated heterocycles. The minimum Gasteiger partial charge on any atom is -0.459 e. The van der Waals surface area contributed by atoms with Crippen molar-refractivity contribution >= 4 is 11.7 Å². The van der Waals surface area contributed by atoms with Gasteiger partial charge in [-0.2, -0.15) is 9.98 Å². The van der Waals surface area contributed by atoms with E-state index in [4.69, 9.17) is 4.42 Å². The third kappa shape index (κ3) is 2.69. The predicted molar refractivity (Wildman–Crippen MR) is 85.6 cm³/mol. The maximum absolute atomic E-state index is 13.8. The van der Waals surface area contributed by atoms with Crippen LogP contribution in [0.5, 0.6) is 0 Å². The van der Waals surface area contributed by atoms with E-state index in [-0.39, 0.29) is 5.82 Å². The van der Waals surface area contributed by atoms with Crippen LogP contribution in [0.4, 0.5) is 14.9 Å². The van der Waals surface area contributed by atoms with Crippen LogP contribution in [0.15, 0.2) is 69.0 Å². The van der Waals surface area contributed by atoms with Crippen molar-refractivity contribution in [2.45, 2.75) is 6.54 Å². The first kappa shape index (κ1) is 14.3. The van der Waals surface area contributed by atoms with Gasteiger partial charge in [0.05, 0.1) is 22.8 Å². The molecule has 24 heavy (non-hydrogen) atoms. The van der Waals surface area contributed by atoms with Crippen LogP contribution in [0, 0.1) is 5.82 Å². The first-order chi connectivity index (χ1) is 11.7. The van der Waals surface area contributed by atoms with Gasteiger partial charge in [0.2, 0.25) is 0 Å². The molecule has 3 aromatic rings. The van der Waals surface area contributed by atoms with Crippen LogP contribution in [0.1, 0.15) is 5.76 Å². The van der Waals surface area contributed by atoms with Crippen molar-refractivity contribution in [3.05, 3.63) is 76.9 Å². The Labute approximate surface area is 136 Å². The summed E-state index contributed by atoms with van der Waals surface area (Å²) in [6, 6.07) is 14.8. The van der Waals surface area contributed by atoms with Crippen LogP contribution < -0.4 is 16.0 Å². The minimum atomic E-state index is -0.484. The summed E-state index contributed by atoms with van der Waals surface area (Å²) in [7, 11) is 0. The lowest BCUT2D eigenvalue weighted by molar-refractivity contribution is 0.256. The van der Waals surface area contributed by atoms with E-state index in [1.54, 1.807) is 42.5 Å². The van der Waals surface area contributed by atoms with Crippen LogP contribution in [0.2, 0.25) is 0 Å². The Hall–Kier alpha value is -3.28. The Bertz CT molecular complexity index is 1060. The second kappa shape index (κ2) is 5.73. The number of hydrogen-bond acceptors (Lipinski definition) is 3. The topological polar surface area (TPSA) is 67.0 Å². The standard InChI is InChI=1S/C18H12FN3O2/c19-14-4-2-1-3-13(14)17-8-6-12(24-17)10-20-11-5-7-15-16(9-11)22-18(23)21-15/h1-9,20H,10H2. The zero-order chi connectivity index (χ0) is 16.5. The highest BCUT2D eigenvalue weighted by Gasteiger charge is 2.09. The Balaban J connectivity index is 1.51. The molecule has 1 aliphatic rings. The van der Waals surface area contributed by atoms with Crippen LogP contribution in [-0.4, -0.2) is 6.03 Å². The van der Waals surface area contributed by atoms with Gasteiger partial charge in [-0.25, -0.2) is 9.18 Å². The molecule has 1 aromatic heterocycles. The number of nitrogens with zero attached hydrogens (tertiary/aromatic N) is 2. The average Bonchev–Trinajstić information content (AvgIpc) is 3.18. The van der Waals surface area contributed by atoms with E-state index in [1.165, 1.54) is 6.07 Å². The highest BCUT2D eigenvalue weighted by atomic mass is 19.1. The molecule has 0 spiro atoms.